The van der Waals surface area contributed by atoms with Crippen LogP contribution in [0.5, 0.6) is 0 Å². The van der Waals surface area contributed by atoms with Gasteiger partial charge in [0.1, 0.15) is 5.54 Å². The first-order chi connectivity index (χ1) is 11.8. The zero-order chi connectivity index (χ0) is 18.5. The Balaban J connectivity index is 1.76. The molecular formula is C16H25N3O5S. The van der Waals surface area contributed by atoms with Crippen molar-refractivity contribution in [2.24, 2.45) is 5.92 Å². The molecule has 0 spiro atoms. The predicted octanol–water partition coefficient (Wildman–Crippen LogP) is 0.544. The summed E-state index contributed by atoms with van der Waals surface area (Å²) in [6.07, 6.45) is 6.00. The summed E-state index contributed by atoms with van der Waals surface area (Å²) in [5.74, 6) is -1.35. The van der Waals surface area contributed by atoms with Crippen molar-refractivity contribution in [2.45, 2.75) is 50.5 Å². The summed E-state index contributed by atoms with van der Waals surface area (Å²) in [5, 5.41) is 12.0. The monoisotopic (exact) mass is 371 g/mol. The third-order valence-corrected chi connectivity index (χ3v) is 6.20. The molecule has 0 unspecified atom stereocenters. The topological polar surface area (TPSA) is 117 Å². The molecule has 0 aromatic rings. The molecule has 1 saturated carbocycles. The molecule has 0 radical (unpaired) electrons. The summed E-state index contributed by atoms with van der Waals surface area (Å²) >= 11 is 0. The number of rotatable bonds is 5. The van der Waals surface area contributed by atoms with Gasteiger partial charge < -0.3 is 10.1 Å². The minimum Gasteiger partial charge on any atom is -0.455 e. The summed E-state index contributed by atoms with van der Waals surface area (Å²) in [5.41, 5.74) is -0.845. The number of esters is 1. The second-order valence-corrected chi connectivity index (χ2v) is 8.83. The maximum absolute atomic E-state index is 12.1. The Morgan fingerprint density at radius 3 is 2.36 bits per heavy atom. The van der Waals surface area contributed by atoms with Gasteiger partial charge in [-0.2, -0.15) is 5.26 Å². The maximum Gasteiger partial charge on any atom is 0.309 e. The molecule has 2 fully saturated rings. The van der Waals surface area contributed by atoms with Crippen LogP contribution >= 0.6 is 0 Å². The van der Waals surface area contributed by atoms with Crippen LogP contribution in [0.15, 0.2) is 0 Å². The summed E-state index contributed by atoms with van der Waals surface area (Å²) in [4.78, 5) is 24.1. The number of nitrogens with one attached hydrogen (secondary N) is 1. The first-order valence-electron chi connectivity index (χ1n) is 8.60. The normalized spacial score (nSPS) is 21.9. The van der Waals surface area contributed by atoms with Crippen LogP contribution in [0, 0.1) is 17.2 Å². The van der Waals surface area contributed by atoms with Crippen LogP contribution in [0.1, 0.15) is 44.9 Å². The van der Waals surface area contributed by atoms with Gasteiger partial charge in [-0.15, -0.1) is 0 Å². The molecule has 1 N–H and O–H groups in total. The summed E-state index contributed by atoms with van der Waals surface area (Å²) in [7, 11) is -3.24. The average Bonchev–Trinajstić information content (AvgIpc) is 2.60. The fourth-order valence-electron chi connectivity index (χ4n) is 3.40. The van der Waals surface area contributed by atoms with E-state index in [4.69, 9.17) is 4.74 Å². The van der Waals surface area contributed by atoms with E-state index in [9.17, 15) is 23.3 Å². The molecule has 1 saturated heterocycles. The highest BCUT2D eigenvalue weighted by Crippen LogP contribution is 2.27. The van der Waals surface area contributed by atoms with E-state index in [0.29, 0.717) is 25.7 Å². The van der Waals surface area contributed by atoms with Crippen LogP contribution in [0.25, 0.3) is 0 Å². The molecule has 0 atom stereocenters. The zero-order valence-electron chi connectivity index (χ0n) is 14.5. The molecule has 0 bridgehead atoms. The lowest BCUT2D eigenvalue weighted by Gasteiger charge is -2.31. The number of carbonyl (C=O) groups is 2. The molecule has 0 aromatic carbocycles. The van der Waals surface area contributed by atoms with Crippen molar-refractivity contribution < 1.29 is 22.7 Å². The van der Waals surface area contributed by atoms with Gasteiger partial charge in [0, 0.05) is 13.1 Å². The van der Waals surface area contributed by atoms with Gasteiger partial charge in [-0.3, -0.25) is 9.59 Å². The first kappa shape index (κ1) is 19.7. The molecule has 1 aliphatic heterocycles. The summed E-state index contributed by atoms with van der Waals surface area (Å²) in [6, 6.07) is 2.18. The first-order valence-corrected chi connectivity index (χ1v) is 10.4. The van der Waals surface area contributed by atoms with Gasteiger partial charge in [-0.1, -0.05) is 19.3 Å². The number of piperidine rings is 1. The lowest BCUT2D eigenvalue weighted by molar-refractivity contribution is -0.154. The smallest absolute Gasteiger partial charge is 0.309 e. The molecule has 9 heteroatoms. The Morgan fingerprint density at radius 1 is 1.24 bits per heavy atom. The second-order valence-electron chi connectivity index (χ2n) is 6.85. The fraction of sp³-hybridized carbons (Fsp3) is 0.812. The van der Waals surface area contributed by atoms with Crippen LogP contribution in [-0.4, -0.2) is 56.1 Å². The summed E-state index contributed by atoms with van der Waals surface area (Å²) < 4.78 is 29.3. The van der Waals surface area contributed by atoms with Crippen molar-refractivity contribution in [1.29, 1.82) is 5.26 Å². The Hall–Kier alpha value is -1.66. The molecule has 2 rings (SSSR count). The van der Waals surface area contributed by atoms with Gasteiger partial charge in [-0.05, 0) is 25.7 Å². The van der Waals surface area contributed by atoms with Crippen molar-refractivity contribution in [3.05, 3.63) is 0 Å². The number of hydrogen-bond acceptors (Lipinski definition) is 6. The van der Waals surface area contributed by atoms with Crippen molar-refractivity contribution in [3.8, 4) is 6.07 Å². The van der Waals surface area contributed by atoms with Crippen LogP contribution in [-0.2, 0) is 24.3 Å². The van der Waals surface area contributed by atoms with E-state index in [0.717, 1.165) is 25.5 Å². The van der Waals surface area contributed by atoms with Crippen molar-refractivity contribution in [1.82, 2.24) is 9.62 Å². The van der Waals surface area contributed by atoms with E-state index >= 15 is 0 Å². The molecule has 1 aliphatic carbocycles. The highest BCUT2D eigenvalue weighted by Gasteiger charge is 2.34. The number of nitriles is 1. The van der Waals surface area contributed by atoms with Gasteiger partial charge in [0.25, 0.3) is 5.91 Å². The highest BCUT2D eigenvalue weighted by molar-refractivity contribution is 7.88. The van der Waals surface area contributed by atoms with E-state index in [1.807, 2.05) is 0 Å². The predicted molar refractivity (Wildman–Crippen MR) is 89.7 cm³/mol. The molecule has 1 heterocycles. The molecule has 0 aromatic heterocycles. The lowest BCUT2D eigenvalue weighted by Crippen LogP contribution is -2.50. The van der Waals surface area contributed by atoms with Gasteiger partial charge in [0.2, 0.25) is 10.0 Å². The van der Waals surface area contributed by atoms with E-state index in [-0.39, 0.29) is 13.1 Å². The van der Waals surface area contributed by atoms with Crippen LogP contribution in [0.3, 0.4) is 0 Å². The Bertz CT molecular complexity index is 641. The van der Waals surface area contributed by atoms with Crippen molar-refractivity contribution >= 4 is 21.9 Å². The van der Waals surface area contributed by atoms with Gasteiger partial charge in [-0.25, -0.2) is 12.7 Å². The molecule has 1 amide bonds. The third kappa shape index (κ3) is 5.41. The number of hydrogen-bond donors (Lipinski definition) is 1. The number of nitrogens with zero attached hydrogens (tertiary/aromatic N) is 2. The average molecular weight is 371 g/mol. The maximum atomic E-state index is 12.1. The molecule has 8 nitrogen and oxygen atoms in total. The number of sulfonamides is 1. The minimum atomic E-state index is -3.24. The Morgan fingerprint density at radius 2 is 1.84 bits per heavy atom. The standard InChI is InChI=1S/C16H25N3O5S/c1-25(22,23)19-9-5-13(6-10-19)15(21)24-11-14(20)18-16(12-17)7-3-2-4-8-16/h13H,2-11H2,1H3,(H,18,20). The van der Waals surface area contributed by atoms with E-state index < -0.39 is 40.0 Å². The number of ether oxygens (including phenoxy) is 1. The van der Waals surface area contributed by atoms with Gasteiger partial charge in [0.15, 0.2) is 6.61 Å². The number of amides is 1. The quantitative estimate of drug-likeness (QED) is 0.705. The molecule has 25 heavy (non-hydrogen) atoms. The highest BCUT2D eigenvalue weighted by atomic mass is 32.2. The largest absolute Gasteiger partial charge is 0.455 e. The van der Waals surface area contributed by atoms with Crippen LogP contribution < -0.4 is 5.32 Å². The number of carbonyl (C=O) groups excluding carboxylic acids is 2. The fourth-order valence-corrected chi connectivity index (χ4v) is 4.27. The molecular weight excluding hydrogens is 346 g/mol. The van der Waals surface area contributed by atoms with Gasteiger partial charge >= 0.3 is 5.97 Å². The lowest BCUT2D eigenvalue weighted by atomic mass is 9.83. The third-order valence-electron chi connectivity index (χ3n) is 4.90. The molecule has 140 valence electrons. The van der Waals surface area contributed by atoms with Crippen LogP contribution in [0.2, 0.25) is 0 Å². The molecule has 2 aliphatic rings. The van der Waals surface area contributed by atoms with E-state index in [2.05, 4.69) is 11.4 Å². The van der Waals surface area contributed by atoms with Crippen molar-refractivity contribution in [3.63, 3.8) is 0 Å². The van der Waals surface area contributed by atoms with Gasteiger partial charge in [0.05, 0.1) is 18.2 Å². The minimum absolute atomic E-state index is 0.280. The summed E-state index contributed by atoms with van der Waals surface area (Å²) in [6.45, 7) is 0.152. The zero-order valence-corrected chi connectivity index (χ0v) is 15.3. The van der Waals surface area contributed by atoms with Crippen molar-refractivity contribution in [2.75, 3.05) is 26.0 Å². The van der Waals surface area contributed by atoms with E-state index in [1.165, 1.54) is 4.31 Å². The SMILES string of the molecule is CS(=O)(=O)N1CCC(C(=O)OCC(=O)NC2(C#N)CCCCC2)CC1. The van der Waals surface area contributed by atoms with Crippen LogP contribution in [0.4, 0.5) is 0 Å². The Labute approximate surface area is 148 Å². The Kier molecular flexibility index (Phi) is 6.41. The second kappa shape index (κ2) is 8.15. The van der Waals surface area contributed by atoms with E-state index in [1.54, 1.807) is 0 Å².